The summed E-state index contributed by atoms with van der Waals surface area (Å²) in [4.78, 5) is 11.9. The van der Waals surface area contributed by atoms with Crippen molar-refractivity contribution in [3.8, 4) is 11.1 Å². The number of H-pyrrole nitrogens is 1. The van der Waals surface area contributed by atoms with E-state index in [2.05, 4.69) is 58.8 Å². The standard InChI is InChI=1S/C18H17N3O/c1-13-4-2-6-15(10-13)16-7-3-5-14(11-16)12-19-18(22)17-8-9-20-21-17/h2-11H,12H2,1H3,(H,19,22)(H,20,21). The topological polar surface area (TPSA) is 57.8 Å². The zero-order valence-corrected chi connectivity index (χ0v) is 12.3. The molecule has 0 radical (unpaired) electrons. The SMILES string of the molecule is Cc1cccc(-c2cccc(CNC(=O)c3ccn[nH]3)c2)c1. The Balaban J connectivity index is 1.73. The third-order valence-corrected chi connectivity index (χ3v) is 3.48. The number of aryl methyl sites for hydroxylation is 1. The van der Waals surface area contributed by atoms with Gasteiger partial charge in [-0.1, -0.05) is 48.0 Å². The van der Waals surface area contributed by atoms with E-state index in [0.29, 0.717) is 12.2 Å². The summed E-state index contributed by atoms with van der Waals surface area (Å²) in [5, 5.41) is 9.31. The van der Waals surface area contributed by atoms with Gasteiger partial charge in [-0.3, -0.25) is 9.89 Å². The molecule has 22 heavy (non-hydrogen) atoms. The molecular weight excluding hydrogens is 274 g/mol. The number of aromatic amines is 1. The lowest BCUT2D eigenvalue weighted by Crippen LogP contribution is -2.23. The van der Waals surface area contributed by atoms with E-state index in [9.17, 15) is 4.79 Å². The van der Waals surface area contributed by atoms with Gasteiger partial charge in [-0.25, -0.2) is 0 Å². The van der Waals surface area contributed by atoms with Gasteiger partial charge in [0.05, 0.1) is 0 Å². The van der Waals surface area contributed by atoms with E-state index in [-0.39, 0.29) is 5.91 Å². The van der Waals surface area contributed by atoms with Gasteiger partial charge in [0.25, 0.3) is 5.91 Å². The maximum absolute atomic E-state index is 11.9. The quantitative estimate of drug-likeness (QED) is 0.774. The fourth-order valence-corrected chi connectivity index (χ4v) is 2.35. The second kappa shape index (κ2) is 6.26. The fourth-order valence-electron chi connectivity index (χ4n) is 2.35. The van der Waals surface area contributed by atoms with Crippen LogP contribution in [0.3, 0.4) is 0 Å². The van der Waals surface area contributed by atoms with Gasteiger partial charge in [0.15, 0.2) is 0 Å². The number of nitrogens with zero attached hydrogens (tertiary/aromatic N) is 1. The largest absolute Gasteiger partial charge is 0.347 e. The van der Waals surface area contributed by atoms with Crippen molar-refractivity contribution in [1.29, 1.82) is 0 Å². The van der Waals surface area contributed by atoms with E-state index in [0.717, 1.165) is 11.1 Å². The number of nitrogens with one attached hydrogen (secondary N) is 2. The van der Waals surface area contributed by atoms with Crippen LogP contribution < -0.4 is 5.32 Å². The molecule has 3 aromatic rings. The van der Waals surface area contributed by atoms with Gasteiger partial charge < -0.3 is 5.32 Å². The van der Waals surface area contributed by atoms with Crippen molar-refractivity contribution in [1.82, 2.24) is 15.5 Å². The summed E-state index contributed by atoms with van der Waals surface area (Å²) in [7, 11) is 0. The lowest BCUT2D eigenvalue weighted by molar-refractivity contribution is 0.0946. The molecule has 4 heteroatoms. The molecule has 0 unspecified atom stereocenters. The Kier molecular flexibility index (Phi) is 4.01. The molecule has 2 N–H and O–H groups in total. The number of carbonyl (C=O) groups excluding carboxylic acids is 1. The maximum atomic E-state index is 11.9. The van der Waals surface area contributed by atoms with E-state index in [1.165, 1.54) is 11.1 Å². The van der Waals surface area contributed by atoms with Crippen LogP contribution in [-0.4, -0.2) is 16.1 Å². The van der Waals surface area contributed by atoms with Gasteiger partial charge in [-0.2, -0.15) is 5.10 Å². The van der Waals surface area contributed by atoms with Crippen LogP contribution in [0, 0.1) is 6.92 Å². The van der Waals surface area contributed by atoms with E-state index in [4.69, 9.17) is 0 Å². The van der Waals surface area contributed by atoms with Gasteiger partial charge in [0.1, 0.15) is 5.69 Å². The number of hydrogen-bond donors (Lipinski definition) is 2. The molecule has 0 saturated carbocycles. The van der Waals surface area contributed by atoms with E-state index in [1.807, 2.05) is 12.1 Å². The van der Waals surface area contributed by atoms with E-state index >= 15 is 0 Å². The third-order valence-electron chi connectivity index (χ3n) is 3.48. The predicted molar refractivity (Wildman–Crippen MR) is 86.4 cm³/mol. The first kappa shape index (κ1) is 14.1. The molecule has 4 nitrogen and oxygen atoms in total. The van der Waals surface area contributed by atoms with Gasteiger partial charge in [0.2, 0.25) is 0 Å². The highest BCUT2D eigenvalue weighted by Gasteiger charge is 2.06. The average Bonchev–Trinajstić information content (AvgIpc) is 3.07. The summed E-state index contributed by atoms with van der Waals surface area (Å²) in [5.41, 5.74) is 5.09. The van der Waals surface area contributed by atoms with Gasteiger partial charge in [-0.15, -0.1) is 0 Å². The number of amides is 1. The van der Waals surface area contributed by atoms with Crippen LogP contribution in [0.5, 0.6) is 0 Å². The lowest BCUT2D eigenvalue weighted by atomic mass is 10.0. The van der Waals surface area contributed by atoms with Crippen molar-refractivity contribution in [3.05, 3.63) is 77.6 Å². The van der Waals surface area contributed by atoms with Crippen LogP contribution in [0.2, 0.25) is 0 Å². The summed E-state index contributed by atoms with van der Waals surface area (Å²) >= 11 is 0. The highest BCUT2D eigenvalue weighted by molar-refractivity contribution is 5.92. The summed E-state index contributed by atoms with van der Waals surface area (Å²) < 4.78 is 0. The van der Waals surface area contributed by atoms with Crippen molar-refractivity contribution in [3.63, 3.8) is 0 Å². The van der Waals surface area contributed by atoms with Crippen molar-refractivity contribution >= 4 is 5.91 Å². The van der Waals surface area contributed by atoms with Crippen LogP contribution in [0.25, 0.3) is 11.1 Å². The second-order valence-electron chi connectivity index (χ2n) is 5.22. The van der Waals surface area contributed by atoms with Crippen LogP contribution in [0.4, 0.5) is 0 Å². The number of hydrogen-bond acceptors (Lipinski definition) is 2. The van der Waals surface area contributed by atoms with Crippen LogP contribution >= 0.6 is 0 Å². The van der Waals surface area contributed by atoms with Crippen molar-refractivity contribution in [2.45, 2.75) is 13.5 Å². The number of rotatable bonds is 4. The summed E-state index contributed by atoms with van der Waals surface area (Å²) in [6, 6.07) is 18.2. The van der Waals surface area contributed by atoms with Crippen LogP contribution in [0.1, 0.15) is 21.6 Å². The minimum Gasteiger partial charge on any atom is -0.347 e. The second-order valence-corrected chi connectivity index (χ2v) is 5.22. The highest BCUT2D eigenvalue weighted by atomic mass is 16.1. The number of aromatic nitrogens is 2. The molecule has 0 spiro atoms. The fraction of sp³-hybridized carbons (Fsp3) is 0.111. The number of benzene rings is 2. The zero-order valence-electron chi connectivity index (χ0n) is 12.3. The van der Waals surface area contributed by atoms with E-state index < -0.39 is 0 Å². The first-order valence-electron chi connectivity index (χ1n) is 7.16. The molecule has 0 bridgehead atoms. The van der Waals surface area contributed by atoms with Crippen LogP contribution in [0.15, 0.2) is 60.8 Å². The van der Waals surface area contributed by atoms with Gasteiger partial charge in [-0.05, 0) is 35.7 Å². The Morgan fingerprint density at radius 2 is 1.86 bits per heavy atom. The Morgan fingerprint density at radius 3 is 2.59 bits per heavy atom. The molecule has 0 fully saturated rings. The molecule has 0 saturated heterocycles. The van der Waals surface area contributed by atoms with Crippen LogP contribution in [-0.2, 0) is 6.54 Å². The van der Waals surface area contributed by atoms with Crippen molar-refractivity contribution < 1.29 is 4.79 Å². The Hall–Kier alpha value is -2.88. The molecule has 0 aliphatic carbocycles. The summed E-state index contributed by atoms with van der Waals surface area (Å²) in [6.07, 6.45) is 1.56. The van der Waals surface area contributed by atoms with E-state index in [1.54, 1.807) is 12.3 Å². The third kappa shape index (κ3) is 3.23. The molecule has 3 rings (SSSR count). The zero-order chi connectivity index (χ0) is 15.4. The highest BCUT2D eigenvalue weighted by Crippen LogP contribution is 2.21. The molecule has 0 aliphatic rings. The molecular formula is C18H17N3O. The molecule has 2 aromatic carbocycles. The van der Waals surface area contributed by atoms with Crippen molar-refractivity contribution in [2.75, 3.05) is 0 Å². The smallest absolute Gasteiger partial charge is 0.269 e. The Bertz CT molecular complexity index is 779. The minimum absolute atomic E-state index is 0.154. The van der Waals surface area contributed by atoms with Crippen molar-refractivity contribution in [2.24, 2.45) is 0 Å². The normalized spacial score (nSPS) is 10.4. The summed E-state index contributed by atoms with van der Waals surface area (Å²) in [5.74, 6) is -0.154. The Morgan fingerprint density at radius 1 is 1.09 bits per heavy atom. The monoisotopic (exact) mass is 291 g/mol. The molecule has 1 aromatic heterocycles. The average molecular weight is 291 g/mol. The molecule has 110 valence electrons. The predicted octanol–water partition coefficient (Wildman–Crippen LogP) is 3.32. The summed E-state index contributed by atoms with van der Waals surface area (Å²) in [6.45, 7) is 2.56. The number of carbonyl (C=O) groups is 1. The molecule has 0 atom stereocenters. The Labute approximate surface area is 129 Å². The lowest BCUT2D eigenvalue weighted by Gasteiger charge is -2.07. The first-order chi connectivity index (χ1) is 10.7. The molecule has 1 amide bonds. The minimum atomic E-state index is -0.154. The van der Waals surface area contributed by atoms with Gasteiger partial charge >= 0.3 is 0 Å². The first-order valence-corrected chi connectivity index (χ1v) is 7.16. The maximum Gasteiger partial charge on any atom is 0.269 e. The van der Waals surface area contributed by atoms with Gasteiger partial charge in [0, 0.05) is 12.7 Å². The molecule has 1 heterocycles. The molecule has 0 aliphatic heterocycles.